The molecule has 1 amide bonds. The molecule has 7 nitrogen and oxygen atoms in total. The summed E-state index contributed by atoms with van der Waals surface area (Å²) >= 11 is 0. The van der Waals surface area contributed by atoms with E-state index in [1.807, 2.05) is 57.4 Å². The van der Waals surface area contributed by atoms with Crippen molar-refractivity contribution in [1.82, 2.24) is 19.9 Å². The Bertz CT molecular complexity index is 989. The van der Waals surface area contributed by atoms with Crippen LogP contribution in [-0.2, 0) is 17.7 Å². The molecule has 0 saturated carbocycles. The van der Waals surface area contributed by atoms with Gasteiger partial charge < -0.3 is 19.9 Å². The van der Waals surface area contributed by atoms with Gasteiger partial charge in [0.25, 0.3) is 0 Å². The highest BCUT2D eigenvalue weighted by Gasteiger charge is 2.26. The van der Waals surface area contributed by atoms with Crippen LogP contribution in [0.2, 0.25) is 0 Å². The number of hydrogen-bond acceptors (Lipinski definition) is 5. The van der Waals surface area contributed by atoms with Crippen LogP contribution in [0.4, 0.5) is 16.4 Å². The quantitative estimate of drug-likeness (QED) is 0.717. The molecule has 0 radical (unpaired) electrons. The molecule has 7 heteroatoms. The average Bonchev–Trinajstić information content (AvgIpc) is 3.07. The largest absolute Gasteiger partial charge is 0.444 e. The fourth-order valence-corrected chi connectivity index (χ4v) is 3.11. The topological polar surface area (TPSA) is 83.1 Å². The summed E-state index contributed by atoms with van der Waals surface area (Å²) in [6, 6.07) is 8.06. The number of carbonyl (C=O) groups excluding carboxylic acids is 1. The van der Waals surface area contributed by atoms with Crippen LogP contribution in [0.25, 0.3) is 10.9 Å². The van der Waals surface area contributed by atoms with Crippen molar-refractivity contribution in [1.29, 1.82) is 0 Å². The van der Waals surface area contributed by atoms with Crippen molar-refractivity contribution < 1.29 is 9.53 Å². The van der Waals surface area contributed by atoms with Crippen molar-refractivity contribution >= 4 is 28.6 Å². The minimum absolute atomic E-state index is 0.306. The zero-order valence-electron chi connectivity index (χ0n) is 15.7. The van der Waals surface area contributed by atoms with Crippen LogP contribution in [0, 0.1) is 0 Å². The highest BCUT2D eigenvalue weighted by Crippen LogP contribution is 2.23. The number of aromatic nitrogens is 3. The van der Waals surface area contributed by atoms with Crippen LogP contribution in [0.5, 0.6) is 0 Å². The van der Waals surface area contributed by atoms with Gasteiger partial charge in [0.2, 0.25) is 5.95 Å². The smallest absolute Gasteiger partial charge is 0.410 e. The molecule has 0 aliphatic carbocycles. The summed E-state index contributed by atoms with van der Waals surface area (Å²) in [4.78, 5) is 26.3. The number of aromatic amines is 1. The summed E-state index contributed by atoms with van der Waals surface area (Å²) in [5.74, 6) is 0.523. The number of anilines is 2. The number of H-pyrrole nitrogens is 1. The molecule has 27 heavy (non-hydrogen) atoms. The number of carbonyl (C=O) groups is 1. The Balaban J connectivity index is 1.51. The number of fused-ring (bicyclic) bond motifs is 2. The van der Waals surface area contributed by atoms with E-state index in [0.29, 0.717) is 19.0 Å². The standard InChI is InChI=1S/C20H23N5O2/c1-20(2,3)27-19(26)25-9-7-14-11-22-18(24-17(14)12-25)23-15-4-5-16-13(10-15)6-8-21-16/h4-6,8,10-11,21H,7,9,12H2,1-3H3,(H,22,23,24). The van der Waals surface area contributed by atoms with E-state index in [1.54, 1.807) is 4.90 Å². The Hall–Kier alpha value is -3.09. The number of nitrogens with zero attached hydrogens (tertiary/aromatic N) is 3. The lowest BCUT2D eigenvalue weighted by Crippen LogP contribution is -2.40. The van der Waals surface area contributed by atoms with Crippen LogP contribution in [0.3, 0.4) is 0 Å². The van der Waals surface area contributed by atoms with E-state index in [0.717, 1.165) is 34.3 Å². The SMILES string of the molecule is CC(C)(C)OC(=O)N1CCc2cnc(Nc3ccc4[nH]ccc4c3)nc2C1. The Morgan fingerprint density at radius 3 is 2.96 bits per heavy atom. The molecule has 2 N–H and O–H groups in total. The number of nitrogens with one attached hydrogen (secondary N) is 2. The number of ether oxygens (including phenoxy) is 1. The van der Waals surface area contributed by atoms with Crippen molar-refractivity contribution in [2.75, 3.05) is 11.9 Å². The fourth-order valence-electron chi connectivity index (χ4n) is 3.11. The maximum Gasteiger partial charge on any atom is 0.410 e. The van der Waals surface area contributed by atoms with Gasteiger partial charge in [0.15, 0.2) is 0 Å². The number of benzene rings is 1. The summed E-state index contributed by atoms with van der Waals surface area (Å²) in [7, 11) is 0. The molecule has 140 valence electrons. The summed E-state index contributed by atoms with van der Waals surface area (Å²) < 4.78 is 5.48. The summed E-state index contributed by atoms with van der Waals surface area (Å²) in [5.41, 5.74) is 3.42. The lowest BCUT2D eigenvalue weighted by molar-refractivity contribution is 0.0220. The van der Waals surface area contributed by atoms with Crippen molar-refractivity contribution in [3.05, 3.63) is 47.9 Å². The first-order valence-electron chi connectivity index (χ1n) is 9.04. The van der Waals surface area contributed by atoms with Gasteiger partial charge in [0.1, 0.15) is 5.60 Å². The zero-order chi connectivity index (χ0) is 19.0. The first kappa shape index (κ1) is 17.3. The normalized spacial score (nSPS) is 14.1. The van der Waals surface area contributed by atoms with Crippen molar-refractivity contribution in [3.8, 4) is 0 Å². The second-order valence-electron chi connectivity index (χ2n) is 7.72. The van der Waals surface area contributed by atoms with Crippen molar-refractivity contribution in [2.45, 2.75) is 39.3 Å². The molecular weight excluding hydrogens is 342 g/mol. The van der Waals surface area contributed by atoms with Gasteiger partial charge in [-0.3, -0.25) is 0 Å². The molecule has 2 aromatic heterocycles. The van der Waals surface area contributed by atoms with Gasteiger partial charge in [-0.1, -0.05) is 0 Å². The fraction of sp³-hybridized carbons (Fsp3) is 0.350. The van der Waals surface area contributed by atoms with Gasteiger partial charge in [-0.05, 0) is 57.0 Å². The van der Waals surface area contributed by atoms with Crippen LogP contribution in [-0.4, -0.2) is 38.1 Å². The van der Waals surface area contributed by atoms with E-state index in [1.165, 1.54) is 0 Å². The maximum absolute atomic E-state index is 12.3. The molecule has 0 atom stereocenters. The van der Waals surface area contributed by atoms with Crippen LogP contribution in [0.15, 0.2) is 36.7 Å². The van der Waals surface area contributed by atoms with E-state index < -0.39 is 5.60 Å². The highest BCUT2D eigenvalue weighted by molar-refractivity contribution is 5.83. The number of hydrogen-bond donors (Lipinski definition) is 2. The third kappa shape index (κ3) is 3.86. The Morgan fingerprint density at radius 2 is 2.15 bits per heavy atom. The van der Waals surface area contributed by atoms with Gasteiger partial charge in [0, 0.05) is 35.5 Å². The van der Waals surface area contributed by atoms with Gasteiger partial charge in [0.05, 0.1) is 12.2 Å². The molecule has 3 aromatic rings. The summed E-state index contributed by atoms with van der Waals surface area (Å²) in [5, 5.41) is 4.37. The molecular formula is C20H23N5O2. The molecule has 0 spiro atoms. The molecule has 1 aliphatic rings. The van der Waals surface area contributed by atoms with Gasteiger partial charge >= 0.3 is 6.09 Å². The predicted molar refractivity (Wildman–Crippen MR) is 104 cm³/mol. The van der Waals surface area contributed by atoms with Crippen LogP contribution < -0.4 is 5.32 Å². The second-order valence-corrected chi connectivity index (χ2v) is 7.72. The van der Waals surface area contributed by atoms with E-state index in [4.69, 9.17) is 4.74 Å². The second kappa shape index (κ2) is 6.57. The third-order valence-corrected chi connectivity index (χ3v) is 4.41. The third-order valence-electron chi connectivity index (χ3n) is 4.41. The highest BCUT2D eigenvalue weighted by atomic mass is 16.6. The van der Waals surface area contributed by atoms with Crippen LogP contribution in [0.1, 0.15) is 32.0 Å². The Kier molecular flexibility index (Phi) is 4.22. The number of amides is 1. The zero-order valence-corrected chi connectivity index (χ0v) is 15.7. The van der Waals surface area contributed by atoms with E-state index >= 15 is 0 Å². The van der Waals surface area contributed by atoms with Gasteiger partial charge in [-0.25, -0.2) is 14.8 Å². The Morgan fingerprint density at radius 1 is 1.30 bits per heavy atom. The predicted octanol–water partition coefficient (Wildman–Crippen LogP) is 3.99. The lowest BCUT2D eigenvalue weighted by Gasteiger charge is -2.30. The van der Waals surface area contributed by atoms with E-state index in [9.17, 15) is 4.79 Å². The number of rotatable bonds is 2. The van der Waals surface area contributed by atoms with Crippen molar-refractivity contribution in [3.63, 3.8) is 0 Å². The van der Waals surface area contributed by atoms with E-state index in [-0.39, 0.29) is 6.09 Å². The molecule has 0 bridgehead atoms. The molecule has 1 aliphatic heterocycles. The average molecular weight is 365 g/mol. The first-order chi connectivity index (χ1) is 12.9. The monoisotopic (exact) mass is 365 g/mol. The van der Waals surface area contributed by atoms with Gasteiger partial charge in [-0.2, -0.15) is 0 Å². The molecule has 4 rings (SSSR count). The van der Waals surface area contributed by atoms with Crippen LogP contribution >= 0.6 is 0 Å². The maximum atomic E-state index is 12.3. The summed E-state index contributed by atoms with van der Waals surface area (Å²) in [6.07, 6.45) is 4.17. The summed E-state index contributed by atoms with van der Waals surface area (Å²) in [6.45, 7) is 6.65. The first-order valence-corrected chi connectivity index (χ1v) is 9.04. The van der Waals surface area contributed by atoms with Gasteiger partial charge in [-0.15, -0.1) is 0 Å². The minimum Gasteiger partial charge on any atom is -0.444 e. The minimum atomic E-state index is -0.507. The van der Waals surface area contributed by atoms with Crippen molar-refractivity contribution in [2.24, 2.45) is 0 Å². The van der Waals surface area contributed by atoms with E-state index in [2.05, 4.69) is 20.3 Å². The molecule has 3 heterocycles. The Labute approximate surface area is 157 Å². The molecule has 0 fully saturated rings. The molecule has 0 unspecified atom stereocenters. The lowest BCUT2D eigenvalue weighted by atomic mass is 10.1. The molecule has 1 aromatic carbocycles. The molecule has 0 saturated heterocycles.